The first-order valence-electron chi connectivity index (χ1n) is 2.48. The molecular weight excluding hydrogens is 172 g/mol. The van der Waals surface area contributed by atoms with Gasteiger partial charge in [0.05, 0.1) is 0 Å². The molecule has 56 valence electrons. The average Bonchev–Trinajstić information content (AvgIpc) is 1.88. The summed E-state index contributed by atoms with van der Waals surface area (Å²) in [6.07, 6.45) is 1.52. The van der Waals surface area contributed by atoms with Crippen LogP contribution >= 0.6 is 11.8 Å². The fourth-order valence-electron chi connectivity index (χ4n) is 0.461. The molecule has 0 aromatic heterocycles. The Hall–Kier alpha value is -0.330. The standard InChI is InChI=1S/C4H6N2O2S2/c5-10(7,8)4-3-9-2-1-6-4/h1,3H,2H2,(H2,5,7,8). The molecule has 0 spiro atoms. The maximum absolute atomic E-state index is 10.6. The van der Waals surface area contributed by atoms with Crippen molar-refractivity contribution < 1.29 is 8.42 Å². The molecule has 1 aliphatic rings. The predicted molar refractivity (Wildman–Crippen MR) is 42.1 cm³/mol. The number of thioether (sulfide) groups is 1. The van der Waals surface area contributed by atoms with Crippen LogP contribution in [0, 0.1) is 0 Å². The maximum atomic E-state index is 10.6. The molecule has 4 nitrogen and oxygen atoms in total. The highest BCUT2D eigenvalue weighted by Gasteiger charge is 2.11. The summed E-state index contributed by atoms with van der Waals surface area (Å²) in [5.74, 6) is 0.707. The minimum atomic E-state index is -3.58. The number of hydrogen-bond donors (Lipinski definition) is 1. The van der Waals surface area contributed by atoms with E-state index in [1.807, 2.05) is 0 Å². The molecule has 10 heavy (non-hydrogen) atoms. The number of primary sulfonamides is 1. The normalized spacial score (nSPS) is 18.7. The predicted octanol–water partition coefficient (Wildman–Crippen LogP) is -0.109. The highest BCUT2D eigenvalue weighted by atomic mass is 32.2. The molecule has 6 heteroatoms. The van der Waals surface area contributed by atoms with Crippen LogP contribution in [0.3, 0.4) is 0 Å². The summed E-state index contributed by atoms with van der Waals surface area (Å²) in [6.45, 7) is 0. The van der Waals surface area contributed by atoms with Crippen LogP contribution in [0.4, 0.5) is 0 Å². The summed E-state index contributed by atoms with van der Waals surface area (Å²) in [5.41, 5.74) is 0. The quantitative estimate of drug-likeness (QED) is 0.609. The number of nitrogens with zero attached hydrogens (tertiary/aromatic N) is 1. The number of nitrogens with two attached hydrogens (primary N) is 1. The van der Waals surface area contributed by atoms with E-state index in [1.165, 1.54) is 23.4 Å². The zero-order valence-electron chi connectivity index (χ0n) is 5.02. The van der Waals surface area contributed by atoms with Crippen molar-refractivity contribution in [3.63, 3.8) is 0 Å². The Kier molecular flexibility index (Phi) is 2.12. The molecule has 0 unspecified atom stereocenters. The lowest BCUT2D eigenvalue weighted by Crippen LogP contribution is -2.14. The Balaban J connectivity index is 2.94. The summed E-state index contributed by atoms with van der Waals surface area (Å²) in [6, 6.07) is 0. The van der Waals surface area contributed by atoms with Gasteiger partial charge in [-0.05, 0) is 0 Å². The van der Waals surface area contributed by atoms with Gasteiger partial charge in [-0.1, -0.05) is 0 Å². The molecule has 0 aromatic carbocycles. The van der Waals surface area contributed by atoms with E-state index in [-0.39, 0.29) is 5.03 Å². The number of hydrogen-bond acceptors (Lipinski definition) is 4. The molecule has 0 bridgehead atoms. The minimum Gasteiger partial charge on any atom is -0.247 e. The smallest absolute Gasteiger partial charge is 0.247 e. The third-order valence-electron chi connectivity index (χ3n) is 0.865. The van der Waals surface area contributed by atoms with Gasteiger partial charge in [-0.3, -0.25) is 0 Å². The average molecular weight is 178 g/mol. The molecule has 1 heterocycles. The summed E-state index contributed by atoms with van der Waals surface area (Å²) in [7, 11) is -3.58. The fraction of sp³-hybridized carbons (Fsp3) is 0.250. The Morgan fingerprint density at radius 3 is 2.70 bits per heavy atom. The van der Waals surface area contributed by atoms with Crippen LogP contribution in [-0.2, 0) is 10.0 Å². The summed E-state index contributed by atoms with van der Waals surface area (Å²) in [5, 5.41) is 6.17. The lowest BCUT2D eigenvalue weighted by atomic mass is 10.8. The van der Waals surface area contributed by atoms with E-state index in [9.17, 15) is 8.42 Å². The van der Waals surface area contributed by atoms with Crippen molar-refractivity contribution in [1.82, 2.24) is 0 Å². The molecular formula is C4H6N2O2S2. The lowest BCUT2D eigenvalue weighted by Gasteiger charge is -2.01. The molecule has 1 rings (SSSR count). The second kappa shape index (κ2) is 2.73. The highest BCUT2D eigenvalue weighted by Crippen LogP contribution is 2.14. The monoisotopic (exact) mass is 178 g/mol. The van der Waals surface area contributed by atoms with Crippen LogP contribution < -0.4 is 5.14 Å². The highest BCUT2D eigenvalue weighted by molar-refractivity contribution is 8.04. The van der Waals surface area contributed by atoms with Crippen molar-refractivity contribution in [3.05, 3.63) is 10.4 Å². The maximum Gasteiger partial charge on any atom is 0.256 e. The van der Waals surface area contributed by atoms with Gasteiger partial charge in [-0.2, -0.15) is 0 Å². The van der Waals surface area contributed by atoms with Crippen molar-refractivity contribution in [3.8, 4) is 0 Å². The Morgan fingerprint density at radius 1 is 1.70 bits per heavy atom. The zero-order valence-corrected chi connectivity index (χ0v) is 6.65. The Morgan fingerprint density at radius 2 is 2.40 bits per heavy atom. The zero-order chi connectivity index (χ0) is 7.61. The van der Waals surface area contributed by atoms with Crippen LogP contribution in [0.15, 0.2) is 15.4 Å². The first-order valence-corrected chi connectivity index (χ1v) is 5.07. The van der Waals surface area contributed by atoms with Crippen molar-refractivity contribution in [1.29, 1.82) is 0 Å². The van der Waals surface area contributed by atoms with Gasteiger partial charge < -0.3 is 0 Å². The van der Waals surface area contributed by atoms with E-state index in [0.29, 0.717) is 5.75 Å². The number of aliphatic imine (C=N–C) groups is 1. The van der Waals surface area contributed by atoms with Gasteiger partial charge in [-0.15, -0.1) is 11.8 Å². The van der Waals surface area contributed by atoms with Crippen LogP contribution in [0.2, 0.25) is 0 Å². The van der Waals surface area contributed by atoms with E-state index in [4.69, 9.17) is 5.14 Å². The van der Waals surface area contributed by atoms with Crippen LogP contribution in [0.5, 0.6) is 0 Å². The fourth-order valence-corrected chi connectivity index (χ4v) is 1.88. The number of sulfonamides is 1. The van der Waals surface area contributed by atoms with Crippen molar-refractivity contribution >= 4 is 28.0 Å². The van der Waals surface area contributed by atoms with Gasteiger partial charge in [-0.25, -0.2) is 18.5 Å². The SMILES string of the molecule is NS(=O)(=O)C1=CSCC=N1. The second-order valence-electron chi connectivity index (χ2n) is 1.65. The van der Waals surface area contributed by atoms with Gasteiger partial charge in [0.2, 0.25) is 0 Å². The van der Waals surface area contributed by atoms with Gasteiger partial charge >= 0.3 is 0 Å². The third kappa shape index (κ3) is 1.83. The topological polar surface area (TPSA) is 72.5 Å². The summed E-state index contributed by atoms with van der Waals surface area (Å²) >= 11 is 1.36. The lowest BCUT2D eigenvalue weighted by molar-refractivity contribution is 0.603. The van der Waals surface area contributed by atoms with E-state index in [0.717, 1.165) is 0 Å². The number of rotatable bonds is 1. The molecule has 0 aliphatic carbocycles. The van der Waals surface area contributed by atoms with Crippen LogP contribution in [-0.4, -0.2) is 20.4 Å². The van der Waals surface area contributed by atoms with E-state index >= 15 is 0 Å². The van der Waals surface area contributed by atoms with Crippen LogP contribution in [0.25, 0.3) is 0 Å². The molecule has 1 aliphatic heterocycles. The van der Waals surface area contributed by atoms with Crippen molar-refractivity contribution in [2.24, 2.45) is 10.1 Å². The molecule has 0 atom stereocenters. The van der Waals surface area contributed by atoms with E-state index in [2.05, 4.69) is 4.99 Å². The molecule has 0 fully saturated rings. The molecule has 2 N–H and O–H groups in total. The van der Waals surface area contributed by atoms with E-state index < -0.39 is 10.0 Å². The molecule has 0 amide bonds. The van der Waals surface area contributed by atoms with Gasteiger partial charge in [0.25, 0.3) is 10.0 Å². The Labute approximate surface area is 63.3 Å². The summed E-state index contributed by atoms with van der Waals surface area (Å²) < 4.78 is 21.1. The van der Waals surface area contributed by atoms with Crippen LogP contribution in [0.1, 0.15) is 0 Å². The molecule has 0 saturated carbocycles. The van der Waals surface area contributed by atoms with Gasteiger partial charge in [0, 0.05) is 17.4 Å². The largest absolute Gasteiger partial charge is 0.256 e. The molecule has 0 radical (unpaired) electrons. The van der Waals surface area contributed by atoms with Gasteiger partial charge in [0.15, 0.2) is 5.03 Å². The molecule has 0 aromatic rings. The first-order chi connectivity index (χ1) is 4.61. The van der Waals surface area contributed by atoms with Crippen molar-refractivity contribution in [2.45, 2.75) is 0 Å². The van der Waals surface area contributed by atoms with E-state index in [1.54, 1.807) is 0 Å². The van der Waals surface area contributed by atoms with Crippen molar-refractivity contribution in [2.75, 3.05) is 5.75 Å². The minimum absolute atomic E-state index is 0.0521. The molecule has 0 saturated heterocycles. The third-order valence-corrected chi connectivity index (χ3v) is 2.55. The summed E-state index contributed by atoms with van der Waals surface area (Å²) in [4.78, 5) is 3.60. The second-order valence-corrected chi connectivity index (χ2v) is 4.06. The first kappa shape index (κ1) is 7.77. The van der Waals surface area contributed by atoms with Gasteiger partial charge in [0.1, 0.15) is 0 Å². The Bertz CT molecular complexity index is 278.